The molecule has 2 amide bonds. The summed E-state index contributed by atoms with van der Waals surface area (Å²) in [5, 5.41) is 5.18. The Labute approximate surface area is 154 Å². The van der Waals surface area contributed by atoms with E-state index in [1.807, 2.05) is 0 Å². The molecular weight excluding hydrogens is 385 g/mol. The van der Waals surface area contributed by atoms with E-state index in [9.17, 15) is 27.6 Å². The summed E-state index contributed by atoms with van der Waals surface area (Å²) in [5.74, 6) is -2.27. The number of carbonyl (C=O) groups is 2. The number of carbonyl (C=O) groups excluding carboxylic acids is 2. The van der Waals surface area contributed by atoms with Crippen LogP contribution >= 0.6 is 11.8 Å². The number of alkyl halides is 3. The second-order valence-corrected chi connectivity index (χ2v) is 6.50. The first-order valence-electron chi connectivity index (χ1n) is 7.65. The molecule has 1 aliphatic heterocycles. The largest absolute Gasteiger partial charge is 0.416 e. The smallest absolute Gasteiger partial charge is 0.326 e. The zero-order valence-electron chi connectivity index (χ0n) is 13.8. The summed E-state index contributed by atoms with van der Waals surface area (Å²) in [6.45, 7) is 0. The molecule has 11 heteroatoms. The lowest BCUT2D eigenvalue weighted by Crippen LogP contribution is -2.36. The van der Waals surface area contributed by atoms with Crippen LogP contribution in [0.2, 0.25) is 0 Å². The minimum atomic E-state index is -4.49. The summed E-state index contributed by atoms with van der Waals surface area (Å²) in [5.41, 5.74) is -1.28. The zero-order valence-corrected chi connectivity index (χ0v) is 14.6. The van der Waals surface area contributed by atoms with Crippen LogP contribution in [0, 0.1) is 0 Å². The Hall–Kier alpha value is -2.82. The zero-order chi connectivity index (χ0) is 19.8. The van der Waals surface area contributed by atoms with Crippen molar-refractivity contribution in [3.63, 3.8) is 0 Å². The summed E-state index contributed by atoms with van der Waals surface area (Å²) >= 11 is 1.16. The van der Waals surface area contributed by atoms with Gasteiger partial charge in [-0.1, -0.05) is 11.8 Å². The minimum Gasteiger partial charge on any atom is -0.326 e. The summed E-state index contributed by atoms with van der Waals surface area (Å²) in [6, 6.07) is 3.86. The van der Waals surface area contributed by atoms with Crippen molar-refractivity contribution in [3.8, 4) is 0 Å². The molecule has 142 valence electrons. The van der Waals surface area contributed by atoms with Crippen LogP contribution in [-0.2, 0) is 15.8 Å². The third-order valence-corrected chi connectivity index (χ3v) is 4.50. The monoisotopic (exact) mass is 398 g/mol. The standard InChI is InChI=1S/C16H13F3N4O3S/c1-27-15-22-12-11(14(26)23-15)9(6-10(24)21-12)13(25)20-8-4-2-7(3-5-8)16(17,18)19/h2-5,9H,6H2,1H3,(H,20,25)(H2,21,22,23,24,26). The quantitative estimate of drug-likeness (QED) is 0.545. The molecule has 0 fully saturated rings. The molecular formula is C16H13F3N4O3S. The number of nitrogens with one attached hydrogen (secondary N) is 3. The van der Waals surface area contributed by atoms with E-state index in [2.05, 4.69) is 20.6 Å². The summed E-state index contributed by atoms with van der Waals surface area (Å²) < 4.78 is 37.8. The maximum atomic E-state index is 12.6. The van der Waals surface area contributed by atoms with Crippen LogP contribution in [-0.4, -0.2) is 28.0 Å². The van der Waals surface area contributed by atoms with Crippen molar-refractivity contribution in [2.45, 2.75) is 23.7 Å². The fourth-order valence-electron chi connectivity index (χ4n) is 2.64. The van der Waals surface area contributed by atoms with Crippen molar-refractivity contribution < 1.29 is 22.8 Å². The lowest BCUT2D eigenvalue weighted by molar-refractivity contribution is -0.137. The van der Waals surface area contributed by atoms with Gasteiger partial charge in [0, 0.05) is 12.1 Å². The molecule has 0 aliphatic carbocycles. The Morgan fingerprint density at radius 1 is 1.26 bits per heavy atom. The number of thioether (sulfide) groups is 1. The third kappa shape index (κ3) is 3.97. The number of aromatic amines is 1. The van der Waals surface area contributed by atoms with Crippen molar-refractivity contribution in [1.29, 1.82) is 0 Å². The summed E-state index contributed by atoms with van der Waals surface area (Å²) in [7, 11) is 0. The molecule has 2 aromatic rings. The first kappa shape index (κ1) is 19.0. The average Bonchev–Trinajstić information content (AvgIpc) is 2.60. The van der Waals surface area contributed by atoms with Crippen LogP contribution < -0.4 is 16.2 Å². The number of halogens is 3. The highest BCUT2D eigenvalue weighted by Gasteiger charge is 2.35. The van der Waals surface area contributed by atoms with Gasteiger partial charge in [0.15, 0.2) is 5.16 Å². The first-order chi connectivity index (χ1) is 12.7. The molecule has 1 atom stereocenters. The van der Waals surface area contributed by atoms with Crippen LogP contribution in [0.3, 0.4) is 0 Å². The molecule has 1 aliphatic rings. The fourth-order valence-corrected chi connectivity index (χ4v) is 3.02. The summed E-state index contributed by atoms with van der Waals surface area (Å²) in [6.07, 6.45) is -3.08. The molecule has 3 N–H and O–H groups in total. The van der Waals surface area contributed by atoms with Crippen LogP contribution in [0.25, 0.3) is 0 Å². The number of rotatable bonds is 3. The van der Waals surface area contributed by atoms with Gasteiger partial charge < -0.3 is 15.6 Å². The second kappa shape index (κ2) is 7.06. The van der Waals surface area contributed by atoms with Gasteiger partial charge in [-0.3, -0.25) is 14.4 Å². The van der Waals surface area contributed by atoms with E-state index in [1.54, 1.807) is 6.26 Å². The van der Waals surface area contributed by atoms with Gasteiger partial charge in [0.2, 0.25) is 11.8 Å². The van der Waals surface area contributed by atoms with Gasteiger partial charge in [-0.05, 0) is 30.5 Å². The minimum absolute atomic E-state index is 0.00641. The van der Waals surface area contributed by atoms with Gasteiger partial charge in [-0.25, -0.2) is 4.98 Å². The highest BCUT2D eigenvalue weighted by molar-refractivity contribution is 7.98. The fraction of sp³-hybridized carbons (Fsp3) is 0.250. The predicted octanol–water partition coefficient (Wildman–Crippen LogP) is 2.58. The molecule has 7 nitrogen and oxygen atoms in total. The van der Waals surface area contributed by atoms with Crippen molar-refractivity contribution in [2.75, 3.05) is 16.9 Å². The van der Waals surface area contributed by atoms with E-state index in [0.717, 1.165) is 36.0 Å². The Morgan fingerprint density at radius 3 is 2.52 bits per heavy atom. The Balaban J connectivity index is 1.88. The van der Waals surface area contributed by atoms with Crippen molar-refractivity contribution in [1.82, 2.24) is 9.97 Å². The normalized spacial score (nSPS) is 16.4. The SMILES string of the molecule is CSc1nc2c(c(=O)[nH]1)C(C(=O)Nc1ccc(C(F)(F)F)cc1)CC(=O)N2. The molecule has 1 aromatic carbocycles. The van der Waals surface area contributed by atoms with Crippen molar-refractivity contribution in [2.24, 2.45) is 0 Å². The molecule has 0 bridgehead atoms. The maximum absolute atomic E-state index is 12.6. The van der Waals surface area contributed by atoms with Crippen molar-refractivity contribution in [3.05, 3.63) is 45.7 Å². The number of aromatic nitrogens is 2. The number of benzene rings is 1. The Morgan fingerprint density at radius 2 is 1.93 bits per heavy atom. The molecule has 1 aromatic heterocycles. The number of fused-ring (bicyclic) bond motifs is 1. The highest BCUT2D eigenvalue weighted by atomic mass is 32.2. The topological polar surface area (TPSA) is 104 Å². The van der Waals surface area contributed by atoms with Crippen LogP contribution in [0.4, 0.5) is 24.7 Å². The van der Waals surface area contributed by atoms with E-state index in [1.165, 1.54) is 0 Å². The lowest BCUT2D eigenvalue weighted by atomic mass is 9.92. The van der Waals surface area contributed by atoms with E-state index < -0.39 is 35.0 Å². The Kier molecular flexibility index (Phi) is 4.96. The van der Waals surface area contributed by atoms with Gasteiger partial charge in [0.25, 0.3) is 5.56 Å². The number of amides is 2. The summed E-state index contributed by atoms with van der Waals surface area (Å²) in [4.78, 5) is 43.4. The highest BCUT2D eigenvalue weighted by Crippen LogP contribution is 2.32. The van der Waals surface area contributed by atoms with Gasteiger partial charge in [0.1, 0.15) is 5.82 Å². The molecule has 2 heterocycles. The van der Waals surface area contributed by atoms with Crippen LogP contribution in [0.15, 0.2) is 34.2 Å². The van der Waals surface area contributed by atoms with Gasteiger partial charge in [-0.15, -0.1) is 0 Å². The van der Waals surface area contributed by atoms with Crippen LogP contribution in [0.5, 0.6) is 0 Å². The van der Waals surface area contributed by atoms with E-state index >= 15 is 0 Å². The van der Waals surface area contributed by atoms with Crippen LogP contribution in [0.1, 0.15) is 23.5 Å². The van der Waals surface area contributed by atoms with E-state index in [4.69, 9.17) is 0 Å². The number of hydrogen-bond acceptors (Lipinski definition) is 5. The molecule has 0 spiro atoms. The average molecular weight is 398 g/mol. The number of hydrogen-bond donors (Lipinski definition) is 3. The number of nitrogens with zero attached hydrogens (tertiary/aromatic N) is 1. The van der Waals surface area contributed by atoms with E-state index in [-0.39, 0.29) is 28.6 Å². The number of H-pyrrole nitrogens is 1. The molecule has 0 radical (unpaired) electrons. The lowest BCUT2D eigenvalue weighted by Gasteiger charge is -2.23. The third-order valence-electron chi connectivity index (χ3n) is 3.92. The molecule has 3 rings (SSSR count). The predicted molar refractivity (Wildman–Crippen MR) is 92.7 cm³/mol. The second-order valence-electron chi connectivity index (χ2n) is 5.71. The maximum Gasteiger partial charge on any atom is 0.416 e. The van der Waals surface area contributed by atoms with Gasteiger partial charge in [-0.2, -0.15) is 13.2 Å². The molecule has 0 saturated heterocycles. The number of anilines is 2. The van der Waals surface area contributed by atoms with Gasteiger partial charge in [0.05, 0.1) is 17.0 Å². The van der Waals surface area contributed by atoms with Crippen molar-refractivity contribution >= 4 is 35.1 Å². The molecule has 0 saturated carbocycles. The first-order valence-corrected chi connectivity index (χ1v) is 8.87. The molecule has 27 heavy (non-hydrogen) atoms. The Bertz CT molecular complexity index is 957. The molecule has 1 unspecified atom stereocenters. The van der Waals surface area contributed by atoms with Gasteiger partial charge >= 0.3 is 6.18 Å². The van der Waals surface area contributed by atoms with E-state index in [0.29, 0.717) is 0 Å².